The van der Waals surface area contributed by atoms with E-state index in [-0.39, 0.29) is 35.0 Å². The molecule has 10 heteroatoms. The van der Waals surface area contributed by atoms with E-state index in [4.69, 9.17) is 0 Å². The van der Waals surface area contributed by atoms with E-state index in [9.17, 15) is 14.4 Å². The highest BCUT2D eigenvalue weighted by atomic mass is 16.2. The van der Waals surface area contributed by atoms with E-state index in [1.807, 2.05) is 26.0 Å². The predicted octanol–water partition coefficient (Wildman–Crippen LogP) is 2.13. The van der Waals surface area contributed by atoms with Gasteiger partial charge in [-0.05, 0) is 36.5 Å². The van der Waals surface area contributed by atoms with Crippen LogP contribution >= 0.6 is 0 Å². The molecule has 0 spiro atoms. The molecule has 4 aromatic heterocycles. The summed E-state index contributed by atoms with van der Waals surface area (Å²) in [4.78, 5) is 54.0. The lowest BCUT2D eigenvalue weighted by Gasteiger charge is -2.15. The van der Waals surface area contributed by atoms with Crippen LogP contribution in [0, 0.1) is 5.92 Å². The average molecular weight is 460 g/mol. The summed E-state index contributed by atoms with van der Waals surface area (Å²) in [6.07, 6.45) is 8.77. The van der Waals surface area contributed by atoms with Crippen LogP contribution in [0.1, 0.15) is 54.2 Å². The van der Waals surface area contributed by atoms with Crippen molar-refractivity contribution in [3.05, 3.63) is 80.8 Å². The minimum atomic E-state index is -0.605. The zero-order chi connectivity index (χ0) is 23.8. The van der Waals surface area contributed by atoms with Crippen molar-refractivity contribution < 1.29 is 4.79 Å². The Kier molecular flexibility index (Phi) is 5.56. The third kappa shape index (κ3) is 4.26. The molecule has 174 valence electrons. The highest BCUT2D eigenvalue weighted by molar-refractivity contribution is 6.05. The Balaban J connectivity index is 1.48. The molecule has 1 amide bonds. The fourth-order valence-electron chi connectivity index (χ4n) is 3.94. The summed E-state index contributed by atoms with van der Waals surface area (Å²) in [6, 6.07) is 5.40. The largest absolute Gasteiger partial charge is 0.348 e. The number of imidazole rings is 1. The third-order valence-corrected chi connectivity index (χ3v) is 5.79. The molecule has 0 atom stereocenters. The van der Waals surface area contributed by atoms with E-state index in [1.54, 1.807) is 35.6 Å². The smallest absolute Gasteiger partial charge is 0.330 e. The Labute approximate surface area is 194 Å². The van der Waals surface area contributed by atoms with Crippen LogP contribution < -0.4 is 16.6 Å². The average Bonchev–Trinajstić information content (AvgIpc) is 3.53. The fraction of sp³-hybridized carbons (Fsp3) is 0.333. The summed E-state index contributed by atoms with van der Waals surface area (Å²) in [5, 5.41) is 3.02. The number of hydrogen-bond donors (Lipinski definition) is 2. The Hall–Kier alpha value is -4.08. The summed E-state index contributed by atoms with van der Waals surface area (Å²) in [5.41, 5.74) is 0.931. The second-order valence-corrected chi connectivity index (χ2v) is 9.01. The summed E-state index contributed by atoms with van der Waals surface area (Å²) in [6.45, 7) is 4.59. The van der Waals surface area contributed by atoms with Gasteiger partial charge in [-0.3, -0.25) is 23.7 Å². The number of nitrogens with zero attached hydrogens (tertiary/aromatic N) is 5. The molecular formula is C24H25N7O3. The normalized spacial score (nSPS) is 13.5. The molecule has 4 heterocycles. The quantitative estimate of drug-likeness (QED) is 0.436. The molecule has 34 heavy (non-hydrogen) atoms. The van der Waals surface area contributed by atoms with Gasteiger partial charge in [-0.15, -0.1) is 0 Å². The number of amides is 1. The van der Waals surface area contributed by atoms with Gasteiger partial charge in [-0.25, -0.2) is 19.7 Å². The van der Waals surface area contributed by atoms with E-state index in [0.29, 0.717) is 6.54 Å². The lowest BCUT2D eigenvalue weighted by Crippen LogP contribution is -2.34. The van der Waals surface area contributed by atoms with Crippen LogP contribution in [0.4, 0.5) is 0 Å². The number of fused-ring (bicyclic) bond motifs is 1. The van der Waals surface area contributed by atoms with Gasteiger partial charge in [0.1, 0.15) is 12.1 Å². The number of carbonyl (C=O) groups excluding carboxylic acids is 1. The molecule has 0 aliphatic heterocycles. The van der Waals surface area contributed by atoms with Crippen LogP contribution in [0.25, 0.3) is 16.9 Å². The molecule has 0 saturated heterocycles. The van der Waals surface area contributed by atoms with Crippen LogP contribution in [-0.2, 0) is 13.1 Å². The van der Waals surface area contributed by atoms with Crippen LogP contribution in [0.3, 0.4) is 0 Å². The standard InChI is InChI=1S/C24H25N7O3/c1-14(2)12-31-21-20(23(33)29-24(31)34)17(9-18(28-21)16-4-5-16)22(32)27-11-15-3-6-19(26-10-15)30-8-7-25-13-30/h3,6-10,13-14,16H,4-5,11-12H2,1-2H3,(H,27,32)(H,29,33,34). The molecule has 4 aromatic rings. The molecule has 0 bridgehead atoms. The van der Waals surface area contributed by atoms with Crippen molar-refractivity contribution in [1.29, 1.82) is 0 Å². The number of pyridine rings is 2. The minimum Gasteiger partial charge on any atom is -0.348 e. The van der Waals surface area contributed by atoms with Gasteiger partial charge in [0.15, 0.2) is 5.65 Å². The lowest BCUT2D eigenvalue weighted by atomic mass is 10.1. The summed E-state index contributed by atoms with van der Waals surface area (Å²) >= 11 is 0. The molecule has 1 aliphatic carbocycles. The molecule has 0 aromatic carbocycles. The van der Waals surface area contributed by atoms with Crippen LogP contribution in [0.15, 0.2) is 52.7 Å². The zero-order valence-electron chi connectivity index (χ0n) is 19.0. The number of hydrogen-bond acceptors (Lipinski definition) is 6. The molecule has 10 nitrogen and oxygen atoms in total. The van der Waals surface area contributed by atoms with E-state index < -0.39 is 17.2 Å². The van der Waals surface area contributed by atoms with Crippen molar-refractivity contribution in [2.75, 3.05) is 0 Å². The van der Waals surface area contributed by atoms with Crippen molar-refractivity contribution in [1.82, 2.24) is 34.4 Å². The number of rotatable bonds is 7. The first-order valence-corrected chi connectivity index (χ1v) is 11.3. The second kappa shape index (κ2) is 8.69. The number of carbonyl (C=O) groups is 1. The highest BCUT2D eigenvalue weighted by Gasteiger charge is 2.28. The minimum absolute atomic E-state index is 0.135. The first kappa shape index (κ1) is 21.7. The third-order valence-electron chi connectivity index (χ3n) is 5.79. The van der Waals surface area contributed by atoms with E-state index >= 15 is 0 Å². The van der Waals surface area contributed by atoms with E-state index in [1.165, 1.54) is 4.57 Å². The van der Waals surface area contributed by atoms with Crippen molar-refractivity contribution in [2.24, 2.45) is 5.92 Å². The predicted molar refractivity (Wildman–Crippen MR) is 126 cm³/mol. The lowest BCUT2D eigenvalue weighted by molar-refractivity contribution is 0.0952. The first-order valence-electron chi connectivity index (χ1n) is 11.3. The Bertz CT molecular complexity index is 1460. The molecule has 0 unspecified atom stereocenters. The highest BCUT2D eigenvalue weighted by Crippen LogP contribution is 2.39. The van der Waals surface area contributed by atoms with Gasteiger partial charge in [-0.1, -0.05) is 19.9 Å². The Morgan fingerprint density at radius 2 is 2.09 bits per heavy atom. The van der Waals surface area contributed by atoms with Crippen LogP contribution in [0.5, 0.6) is 0 Å². The summed E-state index contributed by atoms with van der Waals surface area (Å²) in [7, 11) is 0. The van der Waals surface area contributed by atoms with Gasteiger partial charge in [0.05, 0.1) is 10.9 Å². The Morgan fingerprint density at radius 3 is 2.74 bits per heavy atom. The van der Waals surface area contributed by atoms with Gasteiger partial charge in [0, 0.05) is 43.3 Å². The number of aromatic nitrogens is 6. The van der Waals surface area contributed by atoms with Crippen LogP contribution in [-0.4, -0.2) is 35.0 Å². The fourth-order valence-corrected chi connectivity index (χ4v) is 3.94. The van der Waals surface area contributed by atoms with Gasteiger partial charge in [-0.2, -0.15) is 0 Å². The Morgan fingerprint density at radius 1 is 1.26 bits per heavy atom. The summed E-state index contributed by atoms with van der Waals surface area (Å²) in [5.74, 6) is 0.732. The number of aromatic amines is 1. The molecule has 0 radical (unpaired) electrons. The molecule has 1 fully saturated rings. The van der Waals surface area contributed by atoms with Crippen molar-refractivity contribution in [2.45, 2.75) is 45.7 Å². The van der Waals surface area contributed by atoms with Crippen LogP contribution in [0.2, 0.25) is 0 Å². The summed E-state index contributed by atoms with van der Waals surface area (Å²) < 4.78 is 3.25. The first-order chi connectivity index (χ1) is 16.4. The SMILES string of the molecule is CC(C)Cn1c(=O)[nH]c(=O)c2c(C(=O)NCc3ccc(-n4ccnc4)nc3)cc(C3CC3)nc21. The van der Waals surface area contributed by atoms with Gasteiger partial charge >= 0.3 is 5.69 Å². The number of H-pyrrole nitrogens is 1. The topological polar surface area (TPSA) is 128 Å². The van der Waals surface area contributed by atoms with Gasteiger partial charge in [0.25, 0.3) is 11.5 Å². The monoisotopic (exact) mass is 459 g/mol. The van der Waals surface area contributed by atoms with E-state index in [0.717, 1.165) is 29.9 Å². The molecule has 2 N–H and O–H groups in total. The second-order valence-electron chi connectivity index (χ2n) is 9.01. The maximum atomic E-state index is 13.2. The maximum Gasteiger partial charge on any atom is 0.330 e. The van der Waals surface area contributed by atoms with Crippen molar-refractivity contribution in [3.63, 3.8) is 0 Å². The van der Waals surface area contributed by atoms with E-state index in [2.05, 4.69) is 25.3 Å². The number of nitrogens with one attached hydrogen (secondary N) is 2. The van der Waals surface area contributed by atoms with Crippen molar-refractivity contribution in [3.8, 4) is 5.82 Å². The van der Waals surface area contributed by atoms with Gasteiger partial charge < -0.3 is 5.32 Å². The van der Waals surface area contributed by atoms with Crippen molar-refractivity contribution >= 4 is 16.9 Å². The molecule has 1 saturated carbocycles. The molecule has 5 rings (SSSR count). The molecule has 1 aliphatic rings. The maximum absolute atomic E-state index is 13.2. The molecular weight excluding hydrogens is 434 g/mol. The van der Waals surface area contributed by atoms with Gasteiger partial charge in [0.2, 0.25) is 0 Å². The zero-order valence-corrected chi connectivity index (χ0v) is 19.0.